The number of aromatic nitrogens is 4. The van der Waals surface area contributed by atoms with Crippen molar-refractivity contribution < 1.29 is 0 Å². The standard InChI is InChI=1S/C22H24N6/c1-3-7-16(8-4-1)19-15-27(20-17-11-13-26(14-12-17)21(19)20)22-23-24-25-28(22)18-9-5-2-6-10-18/h1-10,17,19-21H,11-15H2/t19-,20-,21-/m1/s1. The van der Waals surface area contributed by atoms with E-state index >= 15 is 0 Å². The van der Waals surface area contributed by atoms with Crippen molar-refractivity contribution in [3.63, 3.8) is 0 Å². The van der Waals surface area contributed by atoms with Gasteiger partial charge in [-0.15, -0.1) is 0 Å². The lowest BCUT2D eigenvalue weighted by atomic mass is 9.75. The van der Waals surface area contributed by atoms with Crippen molar-refractivity contribution in [3.05, 3.63) is 66.2 Å². The zero-order valence-electron chi connectivity index (χ0n) is 15.8. The minimum Gasteiger partial charge on any atom is -0.334 e. The van der Waals surface area contributed by atoms with E-state index in [1.807, 2.05) is 22.9 Å². The maximum Gasteiger partial charge on any atom is 0.250 e. The predicted molar refractivity (Wildman–Crippen MR) is 108 cm³/mol. The average Bonchev–Trinajstić information content (AvgIpc) is 3.42. The second-order valence-corrected chi connectivity index (χ2v) is 8.25. The van der Waals surface area contributed by atoms with Gasteiger partial charge in [0.15, 0.2) is 0 Å². The number of anilines is 1. The maximum atomic E-state index is 4.49. The van der Waals surface area contributed by atoms with Gasteiger partial charge in [-0.25, -0.2) is 0 Å². The zero-order chi connectivity index (χ0) is 18.5. The van der Waals surface area contributed by atoms with Gasteiger partial charge in [-0.1, -0.05) is 53.6 Å². The van der Waals surface area contributed by atoms with Crippen LogP contribution in [0.4, 0.5) is 5.95 Å². The molecule has 5 heterocycles. The van der Waals surface area contributed by atoms with Gasteiger partial charge in [0.2, 0.25) is 0 Å². The number of hydrogen-bond acceptors (Lipinski definition) is 5. The number of tetrazole rings is 1. The maximum absolute atomic E-state index is 4.49. The van der Waals surface area contributed by atoms with Crippen molar-refractivity contribution in [2.24, 2.45) is 5.92 Å². The van der Waals surface area contributed by atoms with Gasteiger partial charge in [0, 0.05) is 18.5 Å². The summed E-state index contributed by atoms with van der Waals surface area (Å²) in [6.45, 7) is 3.43. The third-order valence-electron chi connectivity index (χ3n) is 6.93. The number of fused-ring (bicyclic) bond motifs is 2. The second kappa shape index (κ2) is 6.41. The first-order valence-corrected chi connectivity index (χ1v) is 10.3. The molecule has 6 nitrogen and oxygen atoms in total. The van der Waals surface area contributed by atoms with E-state index in [1.165, 1.54) is 31.5 Å². The average molecular weight is 372 g/mol. The molecule has 0 unspecified atom stereocenters. The lowest BCUT2D eigenvalue weighted by Gasteiger charge is -2.51. The summed E-state index contributed by atoms with van der Waals surface area (Å²) in [6, 6.07) is 22.3. The van der Waals surface area contributed by atoms with Gasteiger partial charge >= 0.3 is 0 Å². The fraction of sp³-hybridized carbons (Fsp3) is 0.409. The van der Waals surface area contributed by atoms with Crippen molar-refractivity contribution in [1.29, 1.82) is 0 Å². The summed E-state index contributed by atoms with van der Waals surface area (Å²) in [5.74, 6) is 2.10. The Balaban J connectivity index is 1.44. The normalized spacial score (nSPS) is 31.1. The number of benzene rings is 2. The Labute approximate surface area is 164 Å². The molecule has 2 aromatic carbocycles. The molecule has 3 atom stereocenters. The molecule has 6 heteroatoms. The van der Waals surface area contributed by atoms with Crippen LogP contribution in [0, 0.1) is 5.92 Å². The summed E-state index contributed by atoms with van der Waals surface area (Å²) in [7, 11) is 0. The Morgan fingerprint density at radius 3 is 2.29 bits per heavy atom. The van der Waals surface area contributed by atoms with Gasteiger partial charge in [-0.3, -0.25) is 4.90 Å². The number of para-hydroxylation sites is 1. The molecule has 0 amide bonds. The number of hydrogen-bond donors (Lipinski definition) is 0. The summed E-state index contributed by atoms with van der Waals surface area (Å²) >= 11 is 0. The van der Waals surface area contributed by atoms with Crippen LogP contribution in [0.2, 0.25) is 0 Å². The minimum absolute atomic E-state index is 0.487. The Morgan fingerprint density at radius 1 is 0.821 bits per heavy atom. The predicted octanol–water partition coefficient (Wildman–Crippen LogP) is 2.73. The van der Waals surface area contributed by atoms with Crippen LogP contribution in [0.1, 0.15) is 24.3 Å². The molecule has 4 saturated heterocycles. The van der Waals surface area contributed by atoms with Gasteiger partial charge in [0.1, 0.15) is 0 Å². The number of piperidine rings is 3. The van der Waals surface area contributed by atoms with E-state index in [9.17, 15) is 0 Å². The SMILES string of the molecule is c1ccc([C@H]2CN(c3nnnn3-c3ccccc3)[C@@H]3C4CCN(CC4)[C@H]23)cc1. The zero-order valence-corrected chi connectivity index (χ0v) is 15.8. The molecular weight excluding hydrogens is 348 g/mol. The van der Waals surface area contributed by atoms with Crippen LogP contribution in [0.25, 0.3) is 5.69 Å². The van der Waals surface area contributed by atoms with Crippen LogP contribution in [0.3, 0.4) is 0 Å². The Hall–Kier alpha value is -2.73. The van der Waals surface area contributed by atoms with Gasteiger partial charge in [0.25, 0.3) is 5.95 Å². The smallest absolute Gasteiger partial charge is 0.250 e. The topological polar surface area (TPSA) is 50.1 Å². The minimum atomic E-state index is 0.487. The lowest BCUT2D eigenvalue weighted by molar-refractivity contribution is 0.0352. The highest BCUT2D eigenvalue weighted by atomic mass is 15.6. The third-order valence-corrected chi connectivity index (χ3v) is 6.93. The van der Waals surface area contributed by atoms with E-state index in [0.717, 1.165) is 24.1 Å². The molecular formula is C22H24N6. The van der Waals surface area contributed by atoms with Crippen LogP contribution in [-0.4, -0.2) is 56.8 Å². The first-order chi connectivity index (χ1) is 13.9. The molecule has 2 bridgehead atoms. The highest BCUT2D eigenvalue weighted by molar-refractivity contribution is 5.46. The van der Waals surface area contributed by atoms with Gasteiger partial charge in [-0.05, 0) is 60.0 Å². The largest absolute Gasteiger partial charge is 0.334 e. The summed E-state index contributed by atoms with van der Waals surface area (Å²) in [5, 5.41) is 12.9. The lowest BCUT2D eigenvalue weighted by Crippen LogP contribution is -2.60. The van der Waals surface area contributed by atoms with E-state index in [2.05, 4.69) is 67.8 Å². The monoisotopic (exact) mass is 372 g/mol. The van der Waals surface area contributed by atoms with E-state index in [4.69, 9.17) is 0 Å². The molecule has 4 fully saturated rings. The molecule has 4 aliphatic rings. The number of nitrogens with zero attached hydrogens (tertiary/aromatic N) is 6. The molecule has 1 aromatic heterocycles. The molecule has 7 rings (SSSR count). The van der Waals surface area contributed by atoms with Gasteiger partial charge in [-0.2, -0.15) is 4.68 Å². The van der Waals surface area contributed by atoms with E-state index in [-0.39, 0.29) is 0 Å². The molecule has 0 aliphatic carbocycles. The summed E-state index contributed by atoms with van der Waals surface area (Å²) < 4.78 is 1.90. The third kappa shape index (κ3) is 2.41. The Bertz CT molecular complexity index is 947. The van der Waals surface area contributed by atoms with Crippen molar-refractivity contribution in [2.45, 2.75) is 30.8 Å². The summed E-state index contributed by atoms with van der Waals surface area (Å²) in [6.07, 6.45) is 2.57. The first kappa shape index (κ1) is 16.2. The van der Waals surface area contributed by atoms with Gasteiger partial charge < -0.3 is 4.90 Å². The van der Waals surface area contributed by atoms with Crippen molar-refractivity contribution >= 4 is 5.95 Å². The van der Waals surface area contributed by atoms with Crippen LogP contribution in [-0.2, 0) is 0 Å². The Morgan fingerprint density at radius 2 is 1.54 bits per heavy atom. The van der Waals surface area contributed by atoms with Crippen molar-refractivity contribution in [3.8, 4) is 5.69 Å². The number of rotatable bonds is 3. The van der Waals surface area contributed by atoms with Crippen molar-refractivity contribution in [1.82, 2.24) is 25.1 Å². The highest BCUT2D eigenvalue weighted by Gasteiger charge is 2.54. The summed E-state index contributed by atoms with van der Waals surface area (Å²) in [5.41, 5.74) is 2.45. The van der Waals surface area contributed by atoms with E-state index in [1.54, 1.807) is 0 Å². The molecule has 3 aromatic rings. The highest BCUT2D eigenvalue weighted by Crippen LogP contribution is 2.47. The fourth-order valence-corrected chi connectivity index (χ4v) is 5.74. The summed E-state index contributed by atoms with van der Waals surface area (Å²) in [4.78, 5) is 5.23. The molecule has 0 N–H and O–H groups in total. The quantitative estimate of drug-likeness (QED) is 0.708. The molecule has 142 valence electrons. The second-order valence-electron chi connectivity index (χ2n) is 8.25. The van der Waals surface area contributed by atoms with Crippen LogP contribution in [0.15, 0.2) is 60.7 Å². The van der Waals surface area contributed by atoms with Crippen LogP contribution >= 0.6 is 0 Å². The molecule has 0 radical (unpaired) electrons. The van der Waals surface area contributed by atoms with Crippen molar-refractivity contribution in [2.75, 3.05) is 24.5 Å². The Kier molecular flexibility index (Phi) is 3.72. The van der Waals surface area contributed by atoms with Crippen LogP contribution < -0.4 is 4.90 Å². The van der Waals surface area contributed by atoms with E-state index in [0.29, 0.717) is 18.0 Å². The van der Waals surface area contributed by atoms with E-state index < -0.39 is 0 Å². The van der Waals surface area contributed by atoms with Crippen LogP contribution in [0.5, 0.6) is 0 Å². The molecule has 0 saturated carbocycles. The molecule has 4 aliphatic heterocycles. The van der Waals surface area contributed by atoms with Gasteiger partial charge in [0.05, 0.1) is 11.7 Å². The first-order valence-electron chi connectivity index (χ1n) is 10.3. The molecule has 28 heavy (non-hydrogen) atoms. The fourth-order valence-electron chi connectivity index (χ4n) is 5.74. The molecule has 0 spiro atoms.